The first kappa shape index (κ1) is 20.6. The number of anilines is 2. The fourth-order valence-corrected chi connectivity index (χ4v) is 2.32. The summed E-state index contributed by atoms with van der Waals surface area (Å²) in [7, 11) is 0. The lowest BCUT2D eigenvalue weighted by Crippen LogP contribution is -2.16. The Bertz CT molecular complexity index is 908. The predicted molar refractivity (Wildman–Crippen MR) is 102 cm³/mol. The molecule has 0 fully saturated rings. The largest absolute Gasteiger partial charge is 0.454 e. The van der Waals surface area contributed by atoms with Crippen molar-refractivity contribution in [1.82, 2.24) is 0 Å². The molecule has 28 heavy (non-hydrogen) atoms. The van der Waals surface area contributed by atoms with Crippen molar-refractivity contribution in [3.63, 3.8) is 0 Å². The second-order valence-electron chi connectivity index (χ2n) is 5.90. The van der Waals surface area contributed by atoms with E-state index in [4.69, 9.17) is 10.5 Å². The number of nitrogen functional groups attached to an aromatic ring is 1. The molecule has 146 valence electrons. The van der Waals surface area contributed by atoms with Gasteiger partial charge in [-0.3, -0.25) is 19.7 Å². The van der Waals surface area contributed by atoms with Crippen LogP contribution in [-0.2, 0) is 9.53 Å². The summed E-state index contributed by atoms with van der Waals surface area (Å²) in [5.41, 5.74) is 5.99. The van der Waals surface area contributed by atoms with Crippen molar-refractivity contribution in [2.24, 2.45) is 0 Å². The number of nitrogens with two attached hydrogens (primary N) is 1. The van der Waals surface area contributed by atoms with Gasteiger partial charge in [-0.2, -0.15) is 0 Å². The Morgan fingerprint density at radius 1 is 1.14 bits per heavy atom. The molecule has 1 amide bonds. The summed E-state index contributed by atoms with van der Waals surface area (Å²) in [6, 6.07) is 9.53. The first-order valence-electron chi connectivity index (χ1n) is 8.46. The molecule has 0 saturated carbocycles. The van der Waals surface area contributed by atoms with Gasteiger partial charge in [0.15, 0.2) is 12.4 Å². The number of ketones is 1. The van der Waals surface area contributed by atoms with E-state index >= 15 is 0 Å². The summed E-state index contributed by atoms with van der Waals surface area (Å²) in [5, 5.41) is 13.5. The number of carbonyl (C=O) groups excluding carboxylic acids is 3. The molecule has 9 heteroatoms. The summed E-state index contributed by atoms with van der Waals surface area (Å²) in [6.45, 7) is 1.34. The van der Waals surface area contributed by atoms with Crippen LogP contribution in [0.25, 0.3) is 0 Å². The lowest BCUT2D eigenvalue weighted by atomic mass is 10.1. The van der Waals surface area contributed by atoms with Crippen LogP contribution in [0, 0.1) is 10.1 Å². The van der Waals surface area contributed by atoms with Crippen LogP contribution < -0.4 is 11.1 Å². The van der Waals surface area contributed by atoms with Crippen molar-refractivity contribution in [3.8, 4) is 0 Å². The summed E-state index contributed by atoms with van der Waals surface area (Å²) >= 11 is 0. The highest BCUT2D eigenvalue weighted by Crippen LogP contribution is 2.20. The van der Waals surface area contributed by atoms with Gasteiger partial charge in [0.2, 0.25) is 5.91 Å². The average molecular weight is 385 g/mol. The summed E-state index contributed by atoms with van der Waals surface area (Å²) in [5.74, 6) is -1.52. The van der Waals surface area contributed by atoms with Crippen LogP contribution in [-0.4, -0.2) is 29.2 Å². The normalized spacial score (nSPS) is 10.2. The van der Waals surface area contributed by atoms with Crippen molar-refractivity contribution in [2.75, 3.05) is 17.7 Å². The highest BCUT2D eigenvalue weighted by atomic mass is 16.6. The summed E-state index contributed by atoms with van der Waals surface area (Å²) in [6.07, 6.45) is 1.13. The van der Waals surface area contributed by atoms with E-state index in [1.807, 2.05) is 6.92 Å². The number of rotatable bonds is 8. The fourth-order valence-electron chi connectivity index (χ4n) is 2.32. The lowest BCUT2D eigenvalue weighted by Gasteiger charge is -2.08. The monoisotopic (exact) mass is 385 g/mol. The minimum Gasteiger partial charge on any atom is -0.454 e. The Morgan fingerprint density at radius 2 is 1.82 bits per heavy atom. The van der Waals surface area contributed by atoms with Gasteiger partial charge in [0.25, 0.3) is 5.69 Å². The van der Waals surface area contributed by atoms with E-state index in [2.05, 4.69) is 5.32 Å². The Kier molecular flexibility index (Phi) is 6.80. The number of nitro benzene ring substituents is 1. The molecule has 0 unspecified atom stereocenters. The van der Waals surface area contributed by atoms with Gasteiger partial charge in [-0.1, -0.05) is 6.92 Å². The molecule has 2 aromatic rings. The molecule has 0 aromatic heterocycles. The van der Waals surface area contributed by atoms with E-state index in [0.717, 1.165) is 18.6 Å². The molecule has 0 spiro atoms. The molecule has 2 rings (SSSR count). The SMILES string of the molecule is CCCC(=O)Nc1ccc(C(=O)COC(=O)c2cc([N+](=O)[O-])ccc2N)cc1. The number of benzene rings is 2. The second kappa shape index (κ2) is 9.26. The minimum atomic E-state index is -0.932. The third-order valence-corrected chi connectivity index (χ3v) is 3.77. The first-order chi connectivity index (χ1) is 13.3. The minimum absolute atomic E-state index is 0.00947. The lowest BCUT2D eigenvalue weighted by molar-refractivity contribution is -0.384. The summed E-state index contributed by atoms with van der Waals surface area (Å²) in [4.78, 5) is 45.9. The molecule has 0 atom stereocenters. The molecule has 0 aliphatic carbocycles. The first-order valence-corrected chi connectivity index (χ1v) is 8.46. The number of hydrogen-bond donors (Lipinski definition) is 2. The maximum absolute atomic E-state index is 12.2. The van der Waals surface area contributed by atoms with Gasteiger partial charge in [-0.15, -0.1) is 0 Å². The number of non-ortho nitro benzene ring substituents is 1. The Labute approximate surface area is 160 Å². The van der Waals surface area contributed by atoms with Gasteiger partial charge >= 0.3 is 5.97 Å². The van der Waals surface area contributed by atoms with E-state index in [9.17, 15) is 24.5 Å². The van der Waals surface area contributed by atoms with Crippen LogP contribution in [0.5, 0.6) is 0 Å². The van der Waals surface area contributed by atoms with E-state index in [0.29, 0.717) is 12.1 Å². The smallest absolute Gasteiger partial charge is 0.340 e. The van der Waals surface area contributed by atoms with Crippen LogP contribution in [0.4, 0.5) is 17.1 Å². The maximum atomic E-state index is 12.2. The van der Waals surface area contributed by atoms with Crippen molar-refractivity contribution in [3.05, 3.63) is 63.7 Å². The topological polar surface area (TPSA) is 142 Å². The highest BCUT2D eigenvalue weighted by molar-refractivity contribution is 6.01. The number of esters is 1. The van der Waals surface area contributed by atoms with Crippen molar-refractivity contribution in [2.45, 2.75) is 19.8 Å². The molecule has 0 aliphatic heterocycles. The maximum Gasteiger partial charge on any atom is 0.340 e. The zero-order valence-electron chi connectivity index (χ0n) is 15.1. The Balaban J connectivity index is 1.98. The van der Waals surface area contributed by atoms with E-state index in [1.165, 1.54) is 18.2 Å². The third kappa shape index (κ3) is 5.37. The Hall–Kier alpha value is -3.75. The number of carbonyl (C=O) groups is 3. The van der Waals surface area contributed by atoms with Gasteiger partial charge in [-0.25, -0.2) is 4.79 Å². The number of amides is 1. The van der Waals surface area contributed by atoms with Gasteiger partial charge in [0.1, 0.15) is 0 Å². The van der Waals surface area contributed by atoms with Gasteiger partial charge in [-0.05, 0) is 36.8 Å². The van der Waals surface area contributed by atoms with Crippen LogP contribution in [0.2, 0.25) is 0 Å². The fraction of sp³-hybridized carbons (Fsp3) is 0.211. The second-order valence-corrected chi connectivity index (χ2v) is 5.90. The quantitative estimate of drug-likeness (QED) is 0.234. The summed E-state index contributed by atoms with van der Waals surface area (Å²) < 4.78 is 4.93. The number of nitro groups is 1. The zero-order valence-corrected chi connectivity index (χ0v) is 15.1. The van der Waals surface area contributed by atoms with E-state index in [1.54, 1.807) is 12.1 Å². The van der Waals surface area contributed by atoms with Crippen molar-refractivity contribution >= 4 is 34.7 Å². The number of Topliss-reactive ketones (excluding diaryl/α,β-unsaturated/α-hetero) is 1. The number of hydrogen-bond acceptors (Lipinski definition) is 7. The molecular weight excluding hydrogens is 366 g/mol. The molecule has 0 radical (unpaired) electrons. The molecular formula is C19H19N3O6. The molecule has 3 N–H and O–H groups in total. The van der Waals surface area contributed by atoms with Crippen LogP contribution in [0.15, 0.2) is 42.5 Å². The predicted octanol–water partition coefficient (Wildman–Crippen LogP) is 2.96. The van der Waals surface area contributed by atoms with E-state index < -0.39 is 23.3 Å². The van der Waals surface area contributed by atoms with Gasteiger partial charge < -0.3 is 15.8 Å². The van der Waals surface area contributed by atoms with Crippen LogP contribution >= 0.6 is 0 Å². The molecule has 2 aromatic carbocycles. The highest BCUT2D eigenvalue weighted by Gasteiger charge is 2.18. The van der Waals surface area contributed by atoms with Crippen molar-refractivity contribution < 1.29 is 24.0 Å². The standard InChI is InChI=1S/C19H19N3O6/c1-2-3-18(24)21-13-6-4-12(5-7-13)17(23)11-28-19(25)15-10-14(22(26)27)8-9-16(15)20/h4-10H,2-3,11,20H2,1H3,(H,21,24). The van der Waals surface area contributed by atoms with Gasteiger partial charge in [0, 0.05) is 35.5 Å². The van der Waals surface area contributed by atoms with Gasteiger partial charge in [0.05, 0.1) is 10.5 Å². The molecule has 0 bridgehead atoms. The Morgan fingerprint density at radius 3 is 2.43 bits per heavy atom. The molecule has 0 saturated heterocycles. The van der Waals surface area contributed by atoms with Crippen molar-refractivity contribution in [1.29, 1.82) is 0 Å². The average Bonchev–Trinajstić information content (AvgIpc) is 2.66. The van der Waals surface area contributed by atoms with E-state index in [-0.39, 0.29) is 28.4 Å². The van der Waals surface area contributed by atoms with Crippen LogP contribution in [0.3, 0.4) is 0 Å². The molecule has 0 aliphatic rings. The number of ether oxygens (including phenoxy) is 1. The molecule has 0 heterocycles. The zero-order chi connectivity index (χ0) is 20.7. The number of nitrogens with zero attached hydrogens (tertiary/aromatic N) is 1. The third-order valence-electron chi connectivity index (χ3n) is 3.77. The molecule has 9 nitrogen and oxygen atoms in total. The van der Waals surface area contributed by atoms with Crippen LogP contribution in [0.1, 0.15) is 40.5 Å². The number of nitrogens with one attached hydrogen (secondary N) is 1.